The minimum Gasteiger partial charge on any atom is -0.387 e. The summed E-state index contributed by atoms with van der Waals surface area (Å²) in [6, 6.07) is 0.0469. The third kappa shape index (κ3) is 2.78. The molecular formula is C11H15BrN4O2. The molecule has 6 nitrogen and oxygen atoms in total. The zero-order valence-corrected chi connectivity index (χ0v) is 11.7. The number of piperazine rings is 1. The zero-order chi connectivity index (χ0) is 13.1. The van der Waals surface area contributed by atoms with Crippen molar-refractivity contribution >= 4 is 27.8 Å². The van der Waals surface area contributed by atoms with Crippen molar-refractivity contribution in [2.24, 2.45) is 0 Å². The first-order valence-electron chi connectivity index (χ1n) is 5.74. The van der Waals surface area contributed by atoms with Crippen LogP contribution < -0.4 is 4.90 Å². The molecule has 1 aliphatic rings. The summed E-state index contributed by atoms with van der Waals surface area (Å²) in [5.41, 5.74) is 0. The maximum atomic E-state index is 11.5. The van der Waals surface area contributed by atoms with Gasteiger partial charge in [0.1, 0.15) is 6.61 Å². The molecule has 1 aromatic rings. The summed E-state index contributed by atoms with van der Waals surface area (Å²) in [5, 5.41) is 8.88. The summed E-state index contributed by atoms with van der Waals surface area (Å²) in [5.74, 6) is 0.444. The topological polar surface area (TPSA) is 69.6 Å². The van der Waals surface area contributed by atoms with Crippen molar-refractivity contribution in [3.05, 3.63) is 16.9 Å². The van der Waals surface area contributed by atoms with Crippen molar-refractivity contribution in [3.63, 3.8) is 0 Å². The van der Waals surface area contributed by atoms with Gasteiger partial charge < -0.3 is 14.9 Å². The highest BCUT2D eigenvalue weighted by Crippen LogP contribution is 2.16. The average molecular weight is 315 g/mol. The first-order valence-corrected chi connectivity index (χ1v) is 6.54. The van der Waals surface area contributed by atoms with E-state index in [9.17, 15) is 4.79 Å². The molecule has 1 aromatic heterocycles. The number of hydrogen-bond acceptors (Lipinski definition) is 5. The third-order valence-electron chi connectivity index (χ3n) is 2.97. The van der Waals surface area contributed by atoms with Crippen molar-refractivity contribution in [1.82, 2.24) is 14.9 Å². The summed E-state index contributed by atoms with van der Waals surface area (Å²) in [6.07, 6.45) is 3.41. The maximum absolute atomic E-state index is 11.5. The van der Waals surface area contributed by atoms with E-state index in [4.69, 9.17) is 5.11 Å². The van der Waals surface area contributed by atoms with E-state index in [-0.39, 0.29) is 11.9 Å². The Morgan fingerprint density at radius 2 is 2.17 bits per heavy atom. The van der Waals surface area contributed by atoms with Crippen LogP contribution in [0.25, 0.3) is 0 Å². The normalized spacial score (nSPS) is 20.1. The summed E-state index contributed by atoms with van der Waals surface area (Å²) in [7, 11) is 0. The van der Waals surface area contributed by atoms with Gasteiger partial charge in [0.15, 0.2) is 0 Å². The fourth-order valence-electron chi connectivity index (χ4n) is 2.07. The van der Waals surface area contributed by atoms with E-state index in [1.165, 1.54) is 0 Å². The van der Waals surface area contributed by atoms with Gasteiger partial charge in [-0.15, -0.1) is 0 Å². The Labute approximate surface area is 114 Å². The van der Waals surface area contributed by atoms with E-state index < -0.39 is 6.61 Å². The van der Waals surface area contributed by atoms with Gasteiger partial charge in [-0.05, 0) is 22.9 Å². The van der Waals surface area contributed by atoms with Crippen LogP contribution in [0.5, 0.6) is 0 Å². The molecule has 2 rings (SSSR count). The number of aliphatic hydroxyl groups is 1. The van der Waals surface area contributed by atoms with Crippen molar-refractivity contribution in [1.29, 1.82) is 0 Å². The van der Waals surface area contributed by atoms with E-state index in [0.29, 0.717) is 25.6 Å². The van der Waals surface area contributed by atoms with Gasteiger partial charge in [-0.1, -0.05) is 0 Å². The SMILES string of the molecule is CC1CN(c2ncc(Br)cn2)CCN1C(=O)CO. The summed E-state index contributed by atoms with van der Waals surface area (Å²) in [6.45, 7) is 3.46. The molecule has 0 bridgehead atoms. The number of anilines is 1. The van der Waals surface area contributed by atoms with Crippen LogP contribution in [0.15, 0.2) is 16.9 Å². The van der Waals surface area contributed by atoms with E-state index in [1.54, 1.807) is 17.3 Å². The summed E-state index contributed by atoms with van der Waals surface area (Å²) >= 11 is 3.30. The highest BCUT2D eigenvalue weighted by Gasteiger charge is 2.27. The second kappa shape index (κ2) is 5.62. The lowest BCUT2D eigenvalue weighted by molar-refractivity contribution is -0.136. The van der Waals surface area contributed by atoms with Crippen LogP contribution in [0.1, 0.15) is 6.92 Å². The smallest absolute Gasteiger partial charge is 0.248 e. The molecule has 0 spiro atoms. The first kappa shape index (κ1) is 13.2. The maximum Gasteiger partial charge on any atom is 0.248 e. The van der Waals surface area contributed by atoms with Gasteiger partial charge in [0, 0.05) is 38.1 Å². The summed E-state index contributed by atoms with van der Waals surface area (Å²) < 4.78 is 0.841. The molecule has 7 heteroatoms. The van der Waals surface area contributed by atoms with E-state index in [1.807, 2.05) is 11.8 Å². The molecule has 1 saturated heterocycles. The molecule has 0 aromatic carbocycles. The molecule has 98 valence electrons. The lowest BCUT2D eigenvalue weighted by Crippen LogP contribution is -2.55. The number of halogens is 1. The Morgan fingerprint density at radius 1 is 1.50 bits per heavy atom. The minimum absolute atomic E-state index is 0.0469. The van der Waals surface area contributed by atoms with Crippen molar-refractivity contribution in [2.45, 2.75) is 13.0 Å². The number of aromatic nitrogens is 2. The van der Waals surface area contributed by atoms with Gasteiger partial charge in [-0.25, -0.2) is 9.97 Å². The average Bonchev–Trinajstić information content (AvgIpc) is 2.38. The molecule has 18 heavy (non-hydrogen) atoms. The molecule has 1 aliphatic heterocycles. The Morgan fingerprint density at radius 3 is 2.72 bits per heavy atom. The standard InChI is InChI=1S/C11H15BrN4O2/c1-8-6-15(2-3-16(8)10(18)7-17)11-13-4-9(12)5-14-11/h4-5,8,17H,2-3,6-7H2,1H3. The highest BCUT2D eigenvalue weighted by molar-refractivity contribution is 9.10. The Kier molecular flexibility index (Phi) is 4.13. The first-order chi connectivity index (χ1) is 8.61. The van der Waals surface area contributed by atoms with Gasteiger partial charge in [0.2, 0.25) is 11.9 Å². The molecule has 1 unspecified atom stereocenters. The molecule has 0 radical (unpaired) electrons. The molecule has 2 heterocycles. The fourth-order valence-corrected chi connectivity index (χ4v) is 2.27. The molecule has 1 N–H and O–H groups in total. The number of hydrogen-bond donors (Lipinski definition) is 1. The van der Waals surface area contributed by atoms with Crippen LogP contribution >= 0.6 is 15.9 Å². The van der Waals surface area contributed by atoms with Crippen LogP contribution in [-0.4, -0.2) is 58.2 Å². The van der Waals surface area contributed by atoms with Gasteiger partial charge in [0.05, 0.1) is 4.47 Å². The second-order valence-corrected chi connectivity index (χ2v) is 5.16. The fraction of sp³-hybridized carbons (Fsp3) is 0.545. The molecule has 0 saturated carbocycles. The van der Waals surface area contributed by atoms with Gasteiger partial charge in [0.25, 0.3) is 0 Å². The Bertz CT molecular complexity index is 426. The quantitative estimate of drug-likeness (QED) is 0.848. The van der Waals surface area contributed by atoms with Crippen LogP contribution in [0.3, 0.4) is 0 Å². The number of amides is 1. The number of rotatable bonds is 2. The molecule has 0 aliphatic carbocycles. The third-order valence-corrected chi connectivity index (χ3v) is 3.38. The molecular weight excluding hydrogens is 300 g/mol. The lowest BCUT2D eigenvalue weighted by Gasteiger charge is -2.39. The van der Waals surface area contributed by atoms with E-state index >= 15 is 0 Å². The number of carbonyl (C=O) groups excluding carboxylic acids is 1. The van der Waals surface area contributed by atoms with Crippen LogP contribution in [0, 0.1) is 0 Å². The zero-order valence-electron chi connectivity index (χ0n) is 10.1. The monoisotopic (exact) mass is 314 g/mol. The Balaban J connectivity index is 2.04. The summed E-state index contributed by atoms with van der Waals surface area (Å²) in [4.78, 5) is 23.7. The van der Waals surface area contributed by atoms with Crippen molar-refractivity contribution < 1.29 is 9.90 Å². The van der Waals surface area contributed by atoms with E-state index in [0.717, 1.165) is 4.47 Å². The predicted octanol–water partition coefficient (Wildman–Crippen LogP) is 0.269. The van der Waals surface area contributed by atoms with Crippen molar-refractivity contribution in [3.8, 4) is 0 Å². The second-order valence-electron chi connectivity index (χ2n) is 4.24. The van der Waals surface area contributed by atoms with Crippen LogP contribution in [0.2, 0.25) is 0 Å². The Hall–Kier alpha value is -1.21. The van der Waals surface area contributed by atoms with Crippen LogP contribution in [0.4, 0.5) is 5.95 Å². The highest BCUT2D eigenvalue weighted by atomic mass is 79.9. The minimum atomic E-state index is -0.431. The lowest BCUT2D eigenvalue weighted by atomic mass is 10.2. The van der Waals surface area contributed by atoms with Gasteiger partial charge in [-0.2, -0.15) is 0 Å². The molecule has 1 atom stereocenters. The largest absolute Gasteiger partial charge is 0.387 e. The van der Waals surface area contributed by atoms with Crippen molar-refractivity contribution in [2.75, 3.05) is 31.1 Å². The van der Waals surface area contributed by atoms with E-state index in [2.05, 4.69) is 25.9 Å². The number of nitrogens with zero attached hydrogens (tertiary/aromatic N) is 4. The number of aliphatic hydroxyl groups excluding tert-OH is 1. The predicted molar refractivity (Wildman–Crippen MR) is 70.2 cm³/mol. The number of carbonyl (C=O) groups is 1. The molecule has 1 fully saturated rings. The molecule has 1 amide bonds. The van der Waals surface area contributed by atoms with Gasteiger partial charge in [-0.3, -0.25) is 4.79 Å². The van der Waals surface area contributed by atoms with Gasteiger partial charge >= 0.3 is 0 Å². The van der Waals surface area contributed by atoms with Crippen LogP contribution in [-0.2, 0) is 4.79 Å².